The zero-order valence-corrected chi connectivity index (χ0v) is 11.9. The highest BCUT2D eigenvalue weighted by Crippen LogP contribution is 2.19. The van der Waals surface area contributed by atoms with Crippen LogP contribution in [0, 0.1) is 5.92 Å². The molecule has 0 aromatic rings. The van der Waals surface area contributed by atoms with E-state index in [0.29, 0.717) is 11.0 Å². The third-order valence-corrected chi connectivity index (χ3v) is 4.39. The van der Waals surface area contributed by atoms with Gasteiger partial charge in [-0.25, -0.2) is 0 Å². The smallest absolute Gasteiger partial charge is 0.230 e. The van der Waals surface area contributed by atoms with Gasteiger partial charge in [-0.15, -0.1) is 11.8 Å². The van der Waals surface area contributed by atoms with Gasteiger partial charge in [0, 0.05) is 11.8 Å². The third kappa shape index (κ3) is 7.66. The van der Waals surface area contributed by atoms with E-state index in [4.69, 9.17) is 0 Å². The van der Waals surface area contributed by atoms with Crippen molar-refractivity contribution in [3.05, 3.63) is 0 Å². The zero-order chi connectivity index (χ0) is 12.5. The predicted molar refractivity (Wildman–Crippen MR) is 75.4 cm³/mol. The van der Waals surface area contributed by atoms with Gasteiger partial charge in [0.15, 0.2) is 0 Å². The van der Waals surface area contributed by atoms with Crippen molar-refractivity contribution < 1.29 is 4.79 Å². The lowest BCUT2D eigenvalue weighted by Gasteiger charge is -2.21. The Morgan fingerprint density at radius 1 is 1.41 bits per heavy atom. The predicted octanol–water partition coefficient (Wildman–Crippen LogP) is 2.02. The minimum absolute atomic E-state index is 0.206. The Morgan fingerprint density at radius 2 is 2.12 bits per heavy atom. The summed E-state index contributed by atoms with van der Waals surface area (Å²) in [5, 5.41) is 7.02. The first-order chi connectivity index (χ1) is 8.18. The molecule has 0 aromatic carbocycles. The van der Waals surface area contributed by atoms with Gasteiger partial charge in [-0.3, -0.25) is 4.79 Å². The van der Waals surface area contributed by atoms with Crippen LogP contribution in [0.4, 0.5) is 0 Å². The summed E-state index contributed by atoms with van der Waals surface area (Å²) in [7, 11) is 0. The van der Waals surface area contributed by atoms with E-state index in [2.05, 4.69) is 24.5 Å². The fraction of sp³-hybridized carbons (Fsp3) is 0.923. The van der Waals surface area contributed by atoms with E-state index in [0.717, 1.165) is 32.0 Å². The van der Waals surface area contributed by atoms with Crippen LogP contribution >= 0.6 is 11.8 Å². The maximum absolute atomic E-state index is 11.6. The summed E-state index contributed by atoms with van der Waals surface area (Å²) in [6.45, 7) is 7.48. The van der Waals surface area contributed by atoms with Crippen LogP contribution in [0.15, 0.2) is 0 Å². The Labute approximate surface area is 109 Å². The Morgan fingerprint density at radius 3 is 2.76 bits per heavy atom. The maximum atomic E-state index is 11.6. The third-order valence-electron chi connectivity index (χ3n) is 3.02. The molecule has 0 spiro atoms. The molecule has 4 heteroatoms. The van der Waals surface area contributed by atoms with Crippen LogP contribution in [0.1, 0.15) is 39.5 Å². The van der Waals surface area contributed by atoms with E-state index in [1.807, 2.05) is 11.8 Å². The fourth-order valence-electron chi connectivity index (χ4n) is 1.94. The van der Waals surface area contributed by atoms with Crippen LogP contribution in [-0.2, 0) is 4.79 Å². The van der Waals surface area contributed by atoms with Crippen molar-refractivity contribution in [3.63, 3.8) is 0 Å². The number of thioether (sulfide) groups is 1. The Kier molecular flexibility index (Phi) is 7.69. The normalized spacial score (nSPS) is 17.4. The molecule has 0 atom stereocenters. The van der Waals surface area contributed by atoms with Crippen molar-refractivity contribution in [2.24, 2.45) is 5.92 Å². The largest absolute Gasteiger partial charge is 0.355 e. The molecule has 3 nitrogen and oxygen atoms in total. The number of nitrogens with one attached hydrogen (secondary N) is 2. The van der Waals surface area contributed by atoms with Gasteiger partial charge in [-0.1, -0.05) is 13.8 Å². The molecule has 1 heterocycles. The average molecular weight is 258 g/mol. The van der Waals surface area contributed by atoms with Gasteiger partial charge in [-0.05, 0) is 44.7 Å². The van der Waals surface area contributed by atoms with E-state index >= 15 is 0 Å². The molecular weight excluding hydrogens is 232 g/mol. The molecule has 1 aliphatic rings. The Bertz CT molecular complexity index is 215. The van der Waals surface area contributed by atoms with Crippen LogP contribution in [0.3, 0.4) is 0 Å². The molecule has 100 valence electrons. The van der Waals surface area contributed by atoms with E-state index in [1.54, 1.807) is 0 Å². The first-order valence-electron chi connectivity index (χ1n) is 6.77. The molecule has 0 unspecified atom stereocenters. The highest BCUT2D eigenvalue weighted by molar-refractivity contribution is 8.00. The molecule has 1 amide bonds. The second kappa shape index (κ2) is 8.81. The van der Waals surface area contributed by atoms with Crippen LogP contribution in [0.2, 0.25) is 0 Å². The lowest BCUT2D eigenvalue weighted by Crippen LogP contribution is -2.31. The average Bonchev–Trinajstić information content (AvgIpc) is 2.33. The second-order valence-corrected chi connectivity index (χ2v) is 6.44. The maximum Gasteiger partial charge on any atom is 0.230 e. The summed E-state index contributed by atoms with van der Waals surface area (Å²) in [5.74, 6) is 1.57. The van der Waals surface area contributed by atoms with E-state index < -0.39 is 0 Å². The number of carbonyl (C=O) groups excluding carboxylic acids is 1. The molecule has 0 aliphatic carbocycles. The van der Waals surface area contributed by atoms with Crippen molar-refractivity contribution in [1.29, 1.82) is 0 Å². The van der Waals surface area contributed by atoms with Gasteiger partial charge in [0.25, 0.3) is 0 Å². The minimum Gasteiger partial charge on any atom is -0.355 e. The lowest BCUT2D eigenvalue weighted by atomic mass is 10.1. The van der Waals surface area contributed by atoms with Crippen LogP contribution in [-0.4, -0.2) is 36.5 Å². The van der Waals surface area contributed by atoms with Gasteiger partial charge in [0.1, 0.15) is 0 Å². The van der Waals surface area contributed by atoms with Gasteiger partial charge in [0.05, 0.1) is 5.75 Å². The number of hydrogen-bond donors (Lipinski definition) is 2. The molecule has 0 aromatic heterocycles. The standard InChI is InChI=1S/C13H26N2OS/c1-11(2)4-3-7-15-13(16)10-17-12-5-8-14-9-6-12/h11-12,14H,3-10H2,1-2H3,(H,15,16). The van der Waals surface area contributed by atoms with Crippen molar-refractivity contribution in [2.75, 3.05) is 25.4 Å². The summed E-state index contributed by atoms with van der Waals surface area (Å²) >= 11 is 1.82. The molecule has 0 radical (unpaired) electrons. The number of piperidine rings is 1. The lowest BCUT2D eigenvalue weighted by molar-refractivity contribution is -0.118. The van der Waals surface area contributed by atoms with Gasteiger partial charge in [0.2, 0.25) is 5.91 Å². The summed E-state index contributed by atoms with van der Waals surface area (Å²) < 4.78 is 0. The molecule has 1 saturated heterocycles. The fourth-order valence-corrected chi connectivity index (χ4v) is 3.00. The van der Waals surface area contributed by atoms with Crippen LogP contribution < -0.4 is 10.6 Å². The second-order valence-electron chi connectivity index (χ2n) is 5.15. The zero-order valence-electron chi connectivity index (χ0n) is 11.1. The monoisotopic (exact) mass is 258 g/mol. The van der Waals surface area contributed by atoms with E-state index in [1.165, 1.54) is 19.3 Å². The minimum atomic E-state index is 0.206. The molecular formula is C13H26N2OS. The van der Waals surface area contributed by atoms with Crippen LogP contribution in [0.5, 0.6) is 0 Å². The number of rotatable bonds is 7. The Hall–Kier alpha value is -0.220. The summed E-state index contributed by atoms with van der Waals surface area (Å²) in [6, 6.07) is 0. The van der Waals surface area contributed by atoms with Crippen molar-refractivity contribution >= 4 is 17.7 Å². The Balaban J connectivity index is 1.96. The highest BCUT2D eigenvalue weighted by atomic mass is 32.2. The summed E-state index contributed by atoms with van der Waals surface area (Å²) in [4.78, 5) is 11.6. The molecule has 1 aliphatic heterocycles. The molecule has 2 N–H and O–H groups in total. The number of carbonyl (C=O) groups is 1. The van der Waals surface area contributed by atoms with Crippen molar-refractivity contribution in [1.82, 2.24) is 10.6 Å². The molecule has 1 rings (SSSR count). The van der Waals surface area contributed by atoms with E-state index in [-0.39, 0.29) is 5.91 Å². The van der Waals surface area contributed by atoms with E-state index in [9.17, 15) is 4.79 Å². The SMILES string of the molecule is CC(C)CCCNC(=O)CSC1CCNCC1. The molecule has 1 fully saturated rings. The first kappa shape index (κ1) is 14.8. The highest BCUT2D eigenvalue weighted by Gasteiger charge is 2.14. The van der Waals surface area contributed by atoms with Gasteiger partial charge >= 0.3 is 0 Å². The van der Waals surface area contributed by atoms with Gasteiger partial charge < -0.3 is 10.6 Å². The molecule has 0 saturated carbocycles. The van der Waals surface area contributed by atoms with Crippen molar-refractivity contribution in [2.45, 2.75) is 44.8 Å². The van der Waals surface area contributed by atoms with Crippen LogP contribution in [0.25, 0.3) is 0 Å². The summed E-state index contributed by atoms with van der Waals surface area (Å²) in [5.41, 5.74) is 0. The quantitative estimate of drug-likeness (QED) is 0.687. The molecule has 17 heavy (non-hydrogen) atoms. The number of amides is 1. The van der Waals surface area contributed by atoms with Gasteiger partial charge in [-0.2, -0.15) is 0 Å². The first-order valence-corrected chi connectivity index (χ1v) is 7.82. The topological polar surface area (TPSA) is 41.1 Å². The summed E-state index contributed by atoms with van der Waals surface area (Å²) in [6.07, 6.45) is 4.69. The number of hydrogen-bond acceptors (Lipinski definition) is 3. The van der Waals surface area contributed by atoms with Crippen molar-refractivity contribution in [3.8, 4) is 0 Å². The molecule has 0 bridgehead atoms.